The molecule has 0 saturated carbocycles. The van der Waals surface area contributed by atoms with E-state index in [1.807, 2.05) is 12.1 Å². The number of amides is 3. The number of furan rings is 1. The van der Waals surface area contributed by atoms with Crippen LogP contribution in [0.25, 0.3) is 10.8 Å². The van der Waals surface area contributed by atoms with E-state index in [-0.39, 0.29) is 13.1 Å². The highest BCUT2D eigenvalue weighted by Gasteiger charge is 2.16. The van der Waals surface area contributed by atoms with Gasteiger partial charge in [0.1, 0.15) is 5.76 Å². The summed E-state index contributed by atoms with van der Waals surface area (Å²) < 4.78 is 5.12. The van der Waals surface area contributed by atoms with Crippen LogP contribution in [0.2, 0.25) is 0 Å². The third kappa shape index (κ3) is 3.26. The van der Waals surface area contributed by atoms with Gasteiger partial charge in [-0.05, 0) is 47.6 Å². The summed E-state index contributed by atoms with van der Waals surface area (Å²) in [5.41, 5.74) is 3.60. The van der Waals surface area contributed by atoms with E-state index in [0.29, 0.717) is 5.76 Å². The van der Waals surface area contributed by atoms with Crippen molar-refractivity contribution in [2.75, 3.05) is 11.9 Å². The second-order valence-corrected chi connectivity index (χ2v) is 6.28. The summed E-state index contributed by atoms with van der Waals surface area (Å²) in [6, 6.07) is 13.3. The van der Waals surface area contributed by atoms with Gasteiger partial charge in [0, 0.05) is 11.1 Å². The maximum absolute atomic E-state index is 12.0. The standard InChI is InChI=1S/C20H19N3O3/c24-18(23-20(25)22-11-15-4-2-10-26-15)12-21-17-9-8-14-7-6-13-3-1-5-16(17)19(13)14/h1-5,8-10,21H,6-7,11-12H2,(H2,22,23,24,25). The fourth-order valence-corrected chi connectivity index (χ4v) is 3.37. The molecule has 0 spiro atoms. The molecule has 0 fully saturated rings. The van der Waals surface area contributed by atoms with Crippen LogP contribution < -0.4 is 16.0 Å². The van der Waals surface area contributed by atoms with Crippen molar-refractivity contribution in [2.24, 2.45) is 0 Å². The van der Waals surface area contributed by atoms with Crippen LogP contribution >= 0.6 is 0 Å². The van der Waals surface area contributed by atoms with Crippen molar-refractivity contribution < 1.29 is 14.0 Å². The molecular weight excluding hydrogens is 330 g/mol. The molecule has 3 amide bonds. The van der Waals surface area contributed by atoms with Crippen molar-refractivity contribution in [3.05, 3.63) is 65.6 Å². The van der Waals surface area contributed by atoms with Crippen molar-refractivity contribution in [1.82, 2.24) is 10.6 Å². The number of aryl methyl sites for hydroxylation is 2. The molecule has 6 nitrogen and oxygen atoms in total. The number of hydrogen-bond donors (Lipinski definition) is 3. The lowest BCUT2D eigenvalue weighted by atomic mass is 10.0. The summed E-state index contributed by atoms with van der Waals surface area (Å²) in [7, 11) is 0. The molecule has 1 aliphatic carbocycles. The van der Waals surface area contributed by atoms with Gasteiger partial charge in [-0.25, -0.2) is 4.79 Å². The van der Waals surface area contributed by atoms with Crippen LogP contribution in [0.1, 0.15) is 16.9 Å². The third-order valence-electron chi connectivity index (χ3n) is 4.57. The summed E-state index contributed by atoms with van der Waals surface area (Å²) in [6.07, 6.45) is 3.65. The van der Waals surface area contributed by atoms with Gasteiger partial charge in [-0.15, -0.1) is 0 Å². The predicted octanol–water partition coefficient (Wildman–Crippen LogP) is 2.97. The lowest BCUT2D eigenvalue weighted by Gasteiger charge is -2.11. The molecule has 3 aromatic rings. The number of anilines is 1. The monoisotopic (exact) mass is 349 g/mol. The molecule has 6 heteroatoms. The largest absolute Gasteiger partial charge is 0.467 e. The average molecular weight is 349 g/mol. The minimum Gasteiger partial charge on any atom is -0.467 e. The summed E-state index contributed by atoms with van der Waals surface area (Å²) >= 11 is 0. The second kappa shape index (κ2) is 6.92. The fourth-order valence-electron chi connectivity index (χ4n) is 3.37. The number of benzene rings is 2. The quantitative estimate of drug-likeness (QED) is 0.661. The van der Waals surface area contributed by atoms with Gasteiger partial charge >= 0.3 is 6.03 Å². The Balaban J connectivity index is 1.35. The van der Waals surface area contributed by atoms with Gasteiger partial charge < -0.3 is 15.1 Å². The van der Waals surface area contributed by atoms with Gasteiger partial charge in [0.05, 0.1) is 19.4 Å². The van der Waals surface area contributed by atoms with Crippen LogP contribution in [0, 0.1) is 0 Å². The van der Waals surface area contributed by atoms with E-state index in [1.54, 1.807) is 12.1 Å². The lowest BCUT2D eigenvalue weighted by Crippen LogP contribution is -2.41. The molecule has 132 valence electrons. The van der Waals surface area contributed by atoms with E-state index in [2.05, 4.69) is 34.1 Å². The number of nitrogens with one attached hydrogen (secondary N) is 3. The van der Waals surface area contributed by atoms with Gasteiger partial charge in [0.2, 0.25) is 5.91 Å². The van der Waals surface area contributed by atoms with E-state index in [0.717, 1.165) is 23.9 Å². The number of rotatable bonds is 5. The van der Waals surface area contributed by atoms with Crippen molar-refractivity contribution >= 4 is 28.4 Å². The normalized spacial score (nSPS) is 12.2. The molecule has 4 rings (SSSR count). The van der Waals surface area contributed by atoms with Crippen LogP contribution in [0.5, 0.6) is 0 Å². The minimum absolute atomic E-state index is 0.0207. The molecule has 0 unspecified atom stereocenters. The number of imide groups is 1. The van der Waals surface area contributed by atoms with Crippen molar-refractivity contribution in [3.8, 4) is 0 Å². The summed E-state index contributed by atoms with van der Waals surface area (Å²) in [4.78, 5) is 23.8. The van der Waals surface area contributed by atoms with Crippen LogP contribution in [-0.4, -0.2) is 18.5 Å². The fraction of sp³-hybridized carbons (Fsp3) is 0.200. The number of urea groups is 1. The summed E-state index contributed by atoms with van der Waals surface area (Å²) in [5, 5.41) is 10.4. The van der Waals surface area contributed by atoms with Gasteiger partial charge in [0.15, 0.2) is 0 Å². The molecule has 26 heavy (non-hydrogen) atoms. The first-order valence-corrected chi connectivity index (χ1v) is 8.58. The molecule has 2 aromatic carbocycles. The zero-order chi connectivity index (χ0) is 17.9. The summed E-state index contributed by atoms with van der Waals surface area (Å²) in [5.74, 6) is 0.226. The first-order chi connectivity index (χ1) is 12.7. The molecule has 1 aromatic heterocycles. The Bertz CT molecular complexity index is 954. The molecule has 1 heterocycles. The van der Waals surface area contributed by atoms with Gasteiger partial charge in [-0.1, -0.05) is 24.3 Å². The van der Waals surface area contributed by atoms with Gasteiger partial charge in [0.25, 0.3) is 0 Å². The van der Waals surface area contributed by atoms with Gasteiger partial charge in [-0.3, -0.25) is 10.1 Å². The number of hydrogen-bond acceptors (Lipinski definition) is 4. The SMILES string of the molecule is O=C(CNc1ccc2c3c(cccc13)CC2)NC(=O)NCc1ccco1. The number of carbonyl (C=O) groups excluding carboxylic acids is 2. The Hall–Kier alpha value is -3.28. The highest BCUT2D eigenvalue weighted by Crippen LogP contribution is 2.34. The van der Waals surface area contributed by atoms with E-state index in [4.69, 9.17) is 4.42 Å². The Morgan fingerprint density at radius 3 is 2.65 bits per heavy atom. The highest BCUT2D eigenvalue weighted by molar-refractivity contribution is 6.01. The smallest absolute Gasteiger partial charge is 0.321 e. The van der Waals surface area contributed by atoms with Crippen molar-refractivity contribution in [3.63, 3.8) is 0 Å². The Morgan fingerprint density at radius 1 is 1.00 bits per heavy atom. The maximum Gasteiger partial charge on any atom is 0.321 e. The van der Waals surface area contributed by atoms with Crippen molar-refractivity contribution in [1.29, 1.82) is 0 Å². The zero-order valence-corrected chi connectivity index (χ0v) is 14.2. The molecule has 0 saturated heterocycles. The molecular formula is C20H19N3O3. The van der Waals surface area contributed by atoms with E-state index in [1.165, 1.54) is 22.8 Å². The second-order valence-electron chi connectivity index (χ2n) is 6.28. The van der Waals surface area contributed by atoms with Crippen LogP contribution in [0.4, 0.5) is 10.5 Å². The molecule has 0 bridgehead atoms. The first kappa shape index (κ1) is 16.2. The Labute approximate surface area is 150 Å². The van der Waals surface area contributed by atoms with Crippen LogP contribution in [-0.2, 0) is 24.2 Å². The molecule has 0 radical (unpaired) electrons. The van der Waals surface area contributed by atoms with Crippen LogP contribution in [0.15, 0.2) is 53.1 Å². The third-order valence-corrected chi connectivity index (χ3v) is 4.57. The average Bonchev–Trinajstić information content (AvgIpc) is 3.30. The predicted molar refractivity (Wildman–Crippen MR) is 98.9 cm³/mol. The van der Waals surface area contributed by atoms with E-state index < -0.39 is 11.9 Å². The first-order valence-electron chi connectivity index (χ1n) is 8.58. The minimum atomic E-state index is -0.548. The number of carbonyl (C=O) groups is 2. The van der Waals surface area contributed by atoms with Crippen LogP contribution in [0.3, 0.4) is 0 Å². The molecule has 3 N–H and O–H groups in total. The summed E-state index contributed by atoms with van der Waals surface area (Å²) in [6.45, 7) is 0.251. The Morgan fingerprint density at radius 2 is 1.85 bits per heavy atom. The molecule has 1 aliphatic rings. The highest BCUT2D eigenvalue weighted by atomic mass is 16.3. The van der Waals surface area contributed by atoms with E-state index >= 15 is 0 Å². The molecule has 0 aliphatic heterocycles. The van der Waals surface area contributed by atoms with Crippen molar-refractivity contribution in [2.45, 2.75) is 19.4 Å². The molecule has 0 atom stereocenters. The van der Waals surface area contributed by atoms with E-state index in [9.17, 15) is 9.59 Å². The maximum atomic E-state index is 12.0. The zero-order valence-electron chi connectivity index (χ0n) is 14.2. The topological polar surface area (TPSA) is 83.4 Å². The lowest BCUT2D eigenvalue weighted by molar-refractivity contribution is -0.118. The van der Waals surface area contributed by atoms with Gasteiger partial charge in [-0.2, -0.15) is 0 Å². The Kier molecular flexibility index (Phi) is 4.31.